The van der Waals surface area contributed by atoms with Gasteiger partial charge < -0.3 is 4.74 Å². The third-order valence-corrected chi connectivity index (χ3v) is 5.78. The molecule has 1 aliphatic heterocycles. The lowest BCUT2D eigenvalue weighted by molar-refractivity contribution is -0.0818. The molecule has 0 spiro atoms. The van der Waals surface area contributed by atoms with Gasteiger partial charge in [0, 0.05) is 23.6 Å². The van der Waals surface area contributed by atoms with Crippen LogP contribution in [-0.4, -0.2) is 6.61 Å². The van der Waals surface area contributed by atoms with Crippen molar-refractivity contribution in [1.82, 2.24) is 0 Å². The summed E-state index contributed by atoms with van der Waals surface area (Å²) in [6, 6.07) is 29.0. The summed E-state index contributed by atoms with van der Waals surface area (Å²) in [6.45, 7) is 0.796. The van der Waals surface area contributed by atoms with Gasteiger partial charge in [-0.15, -0.1) is 5.73 Å². The predicted octanol–water partition coefficient (Wildman–Crippen LogP) is 7.41. The van der Waals surface area contributed by atoms with Crippen molar-refractivity contribution in [2.45, 2.75) is 31.3 Å². The highest BCUT2D eigenvalue weighted by molar-refractivity contribution is 6.30. The Kier molecular flexibility index (Phi) is 6.32. The van der Waals surface area contributed by atoms with Gasteiger partial charge in [0.25, 0.3) is 0 Å². The summed E-state index contributed by atoms with van der Waals surface area (Å²) in [5.74, 6) is 0. The molecule has 0 radical (unpaired) electrons. The average molecular weight is 401 g/mol. The Balaban J connectivity index is 1.71. The van der Waals surface area contributed by atoms with Crippen molar-refractivity contribution in [3.8, 4) is 0 Å². The second-order valence-corrected chi connectivity index (χ2v) is 7.90. The van der Waals surface area contributed by atoms with E-state index in [9.17, 15) is 0 Å². The Bertz CT molecular complexity index is 936. The molecule has 0 amide bonds. The topological polar surface area (TPSA) is 9.23 Å². The normalized spacial score (nSPS) is 18.7. The van der Waals surface area contributed by atoms with E-state index in [0.717, 1.165) is 36.5 Å². The van der Waals surface area contributed by atoms with Gasteiger partial charge in [-0.25, -0.2) is 0 Å². The summed E-state index contributed by atoms with van der Waals surface area (Å²) in [7, 11) is 0. The lowest BCUT2D eigenvalue weighted by Gasteiger charge is -2.37. The lowest BCUT2D eigenvalue weighted by atomic mass is 9.83. The van der Waals surface area contributed by atoms with Crippen LogP contribution in [0.4, 0.5) is 0 Å². The highest BCUT2D eigenvalue weighted by Gasteiger charge is 2.34. The van der Waals surface area contributed by atoms with Gasteiger partial charge in [0.15, 0.2) is 0 Å². The molecule has 0 aliphatic carbocycles. The highest BCUT2D eigenvalue weighted by Crippen LogP contribution is 2.39. The molecule has 3 aromatic rings. The van der Waals surface area contributed by atoms with Crippen LogP contribution in [0.2, 0.25) is 5.02 Å². The van der Waals surface area contributed by atoms with Gasteiger partial charge in [0.05, 0.1) is 5.60 Å². The SMILES string of the molecule is Clc1ccc(C2(CC=C=C(c3ccccc3)c3ccccc3)CCCCO2)cc1. The van der Waals surface area contributed by atoms with Crippen molar-refractivity contribution in [2.75, 3.05) is 6.61 Å². The molecule has 1 saturated heterocycles. The molecule has 146 valence electrons. The fourth-order valence-corrected chi connectivity index (χ4v) is 4.10. The van der Waals surface area contributed by atoms with Crippen LogP contribution in [0.1, 0.15) is 42.4 Å². The van der Waals surface area contributed by atoms with E-state index in [2.05, 4.69) is 72.5 Å². The zero-order chi connectivity index (χ0) is 19.9. The van der Waals surface area contributed by atoms with Crippen LogP contribution in [-0.2, 0) is 10.3 Å². The van der Waals surface area contributed by atoms with Crippen molar-refractivity contribution in [2.24, 2.45) is 0 Å². The Morgan fingerprint density at radius 2 is 1.48 bits per heavy atom. The molecular weight excluding hydrogens is 376 g/mol. The summed E-state index contributed by atoms with van der Waals surface area (Å²) < 4.78 is 6.36. The number of hydrogen-bond acceptors (Lipinski definition) is 1. The first-order valence-electron chi connectivity index (χ1n) is 10.2. The minimum Gasteiger partial charge on any atom is -0.370 e. The molecule has 1 unspecified atom stereocenters. The van der Waals surface area contributed by atoms with Crippen molar-refractivity contribution in [3.05, 3.63) is 118 Å². The Morgan fingerprint density at radius 1 is 0.862 bits per heavy atom. The highest BCUT2D eigenvalue weighted by atomic mass is 35.5. The Labute approximate surface area is 178 Å². The third kappa shape index (κ3) is 4.71. The fraction of sp³-hybridized carbons (Fsp3) is 0.222. The number of ether oxygens (including phenoxy) is 1. The summed E-state index contributed by atoms with van der Waals surface area (Å²) in [5, 5.41) is 0.755. The maximum atomic E-state index is 6.36. The van der Waals surface area contributed by atoms with Crippen LogP contribution < -0.4 is 0 Å². The van der Waals surface area contributed by atoms with E-state index in [-0.39, 0.29) is 5.60 Å². The standard InChI is InChI=1S/C27H25ClO/c28-25-17-15-24(16-18-25)27(19-7-8-21-29-27)20-9-14-26(22-10-3-1-4-11-22)23-12-5-2-6-13-23/h1-6,9-13,15-18H,7-8,19-21H2. The molecule has 0 N–H and O–H groups in total. The largest absolute Gasteiger partial charge is 0.370 e. The number of benzene rings is 3. The van der Waals surface area contributed by atoms with Crippen molar-refractivity contribution >= 4 is 17.2 Å². The summed E-state index contributed by atoms with van der Waals surface area (Å²) >= 11 is 6.11. The van der Waals surface area contributed by atoms with Crippen molar-refractivity contribution in [1.29, 1.82) is 0 Å². The molecule has 0 bridgehead atoms. The minimum absolute atomic E-state index is 0.297. The molecule has 2 heteroatoms. The quantitative estimate of drug-likeness (QED) is 0.405. The van der Waals surface area contributed by atoms with Gasteiger partial charge in [-0.2, -0.15) is 0 Å². The molecule has 0 saturated carbocycles. The molecule has 4 rings (SSSR count). The molecule has 29 heavy (non-hydrogen) atoms. The number of halogens is 1. The van der Waals surface area contributed by atoms with E-state index >= 15 is 0 Å². The summed E-state index contributed by atoms with van der Waals surface area (Å²) in [4.78, 5) is 0. The maximum absolute atomic E-state index is 6.36. The minimum atomic E-state index is -0.297. The fourth-order valence-electron chi connectivity index (χ4n) is 3.97. The first kappa shape index (κ1) is 19.7. The van der Waals surface area contributed by atoms with E-state index in [0.29, 0.717) is 0 Å². The molecule has 1 heterocycles. The molecule has 1 fully saturated rings. The summed E-state index contributed by atoms with van der Waals surface area (Å²) in [6.07, 6.45) is 6.24. The smallest absolute Gasteiger partial charge is 0.0971 e. The number of rotatable bonds is 5. The second kappa shape index (κ2) is 9.29. The van der Waals surface area contributed by atoms with Crippen LogP contribution in [0.3, 0.4) is 0 Å². The van der Waals surface area contributed by atoms with Gasteiger partial charge in [-0.1, -0.05) is 84.4 Å². The van der Waals surface area contributed by atoms with Gasteiger partial charge >= 0.3 is 0 Å². The molecule has 1 aliphatic rings. The van der Waals surface area contributed by atoms with Gasteiger partial charge in [-0.05, 0) is 54.2 Å². The first-order valence-corrected chi connectivity index (χ1v) is 10.6. The maximum Gasteiger partial charge on any atom is 0.0971 e. The molecule has 3 aromatic carbocycles. The third-order valence-electron chi connectivity index (χ3n) is 5.53. The Morgan fingerprint density at radius 3 is 2.03 bits per heavy atom. The lowest BCUT2D eigenvalue weighted by Crippen LogP contribution is -2.33. The van der Waals surface area contributed by atoms with E-state index in [4.69, 9.17) is 16.3 Å². The average Bonchev–Trinajstić information content (AvgIpc) is 2.79. The summed E-state index contributed by atoms with van der Waals surface area (Å²) in [5.41, 5.74) is 7.93. The monoisotopic (exact) mass is 400 g/mol. The van der Waals surface area contributed by atoms with Crippen LogP contribution >= 0.6 is 11.6 Å². The zero-order valence-corrected chi connectivity index (χ0v) is 17.2. The van der Waals surface area contributed by atoms with E-state index in [1.807, 2.05) is 24.3 Å². The van der Waals surface area contributed by atoms with E-state index < -0.39 is 0 Å². The van der Waals surface area contributed by atoms with Gasteiger partial charge in [-0.3, -0.25) is 0 Å². The van der Waals surface area contributed by atoms with Gasteiger partial charge in [0.2, 0.25) is 0 Å². The molecular formula is C27H25ClO. The zero-order valence-electron chi connectivity index (χ0n) is 16.5. The van der Waals surface area contributed by atoms with Crippen LogP contribution in [0, 0.1) is 0 Å². The van der Waals surface area contributed by atoms with Crippen LogP contribution in [0.15, 0.2) is 96.7 Å². The Hall–Kier alpha value is -2.57. The molecule has 0 aromatic heterocycles. The number of hydrogen-bond donors (Lipinski definition) is 0. The molecule has 1 nitrogen and oxygen atoms in total. The van der Waals surface area contributed by atoms with Gasteiger partial charge in [0.1, 0.15) is 0 Å². The van der Waals surface area contributed by atoms with E-state index in [1.54, 1.807) is 0 Å². The first-order chi connectivity index (χ1) is 14.3. The predicted molar refractivity (Wildman–Crippen MR) is 121 cm³/mol. The van der Waals surface area contributed by atoms with Crippen molar-refractivity contribution in [3.63, 3.8) is 0 Å². The second-order valence-electron chi connectivity index (χ2n) is 7.47. The molecule has 1 atom stereocenters. The van der Waals surface area contributed by atoms with Crippen LogP contribution in [0.25, 0.3) is 5.57 Å². The van der Waals surface area contributed by atoms with Crippen LogP contribution in [0.5, 0.6) is 0 Å². The van der Waals surface area contributed by atoms with E-state index in [1.165, 1.54) is 23.1 Å². The van der Waals surface area contributed by atoms with Crippen molar-refractivity contribution < 1.29 is 4.74 Å².